The van der Waals surface area contributed by atoms with Gasteiger partial charge in [-0.25, -0.2) is 4.98 Å². The van der Waals surface area contributed by atoms with E-state index < -0.39 is 11.4 Å². The number of aliphatic carboxylic acids is 1. The Morgan fingerprint density at radius 1 is 0.981 bits per heavy atom. The van der Waals surface area contributed by atoms with Gasteiger partial charge in [-0.05, 0) is 60.4 Å². The summed E-state index contributed by atoms with van der Waals surface area (Å²) in [5, 5.41) is 17.1. The van der Waals surface area contributed by atoms with Gasteiger partial charge in [-0.2, -0.15) is 4.98 Å². The van der Waals surface area contributed by atoms with Gasteiger partial charge in [-0.15, -0.1) is 0 Å². The summed E-state index contributed by atoms with van der Waals surface area (Å²) < 4.78 is 17.8. The minimum Gasteiger partial charge on any atom is -0.481 e. The van der Waals surface area contributed by atoms with Gasteiger partial charge in [0.15, 0.2) is 0 Å². The SMILES string of the molecule is COc1nc(-c2cccc(-c3cccc4c3CC[C@@H]4Oc3nc(OC)c(CN4C[C@@H]5C[C@]5(C(=O)O)C4)cc3Cl)c2Cl)ccc1CNC[C@@H]1CCC(=O)N1. The molecule has 8 rings (SSSR count). The van der Waals surface area contributed by atoms with Gasteiger partial charge in [-0.1, -0.05) is 65.7 Å². The van der Waals surface area contributed by atoms with Crippen molar-refractivity contribution in [3.8, 4) is 40.0 Å². The van der Waals surface area contributed by atoms with Crippen LogP contribution in [0.4, 0.5) is 0 Å². The van der Waals surface area contributed by atoms with Gasteiger partial charge in [0.2, 0.25) is 23.5 Å². The van der Waals surface area contributed by atoms with Crippen LogP contribution < -0.4 is 24.8 Å². The van der Waals surface area contributed by atoms with Crippen LogP contribution in [0, 0.1) is 11.3 Å². The van der Waals surface area contributed by atoms with Crippen molar-refractivity contribution in [3.63, 3.8) is 0 Å². The summed E-state index contributed by atoms with van der Waals surface area (Å²) in [5.41, 5.74) is 6.74. The number of nitrogens with zero attached hydrogens (tertiary/aromatic N) is 3. The van der Waals surface area contributed by atoms with Crippen LogP contribution in [0.25, 0.3) is 22.4 Å². The van der Waals surface area contributed by atoms with E-state index in [1.165, 1.54) is 0 Å². The number of methoxy groups -OCH3 is 2. The Morgan fingerprint density at radius 3 is 2.51 bits per heavy atom. The van der Waals surface area contributed by atoms with Crippen molar-refractivity contribution >= 4 is 35.1 Å². The molecule has 1 amide bonds. The highest BCUT2D eigenvalue weighted by Gasteiger charge is 2.65. The zero-order valence-corrected chi connectivity index (χ0v) is 31.1. The van der Waals surface area contributed by atoms with Gasteiger partial charge in [-0.3, -0.25) is 14.5 Å². The second-order valence-electron chi connectivity index (χ2n) is 14.5. The molecule has 2 aromatic heterocycles. The van der Waals surface area contributed by atoms with Crippen LogP contribution in [-0.2, 0) is 29.1 Å². The standard InChI is InChI=1S/C40H41Cl2N5O6/c1-51-36-22(17-43-18-25-10-14-34(48)44-25)9-12-32(45-36)30-8-4-7-29(35(30)42)26-5-3-6-28-27(26)11-13-33(28)53-38-31(41)15-23(37(46-38)52-2)19-47-20-24-16-40(24,21-47)39(49)50/h3-9,12,15,24-25,33,43H,10-11,13-14,16-21H2,1-2H3,(H,44,48)(H,49,50)/t24-,25-,33-,40-/m0/s1. The van der Waals surface area contributed by atoms with Crippen molar-refractivity contribution in [1.29, 1.82) is 0 Å². The molecule has 3 N–H and O–H groups in total. The largest absolute Gasteiger partial charge is 0.481 e. The Hall–Kier alpha value is -4.42. The summed E-state index contributed by atoms with van der Waals surface area (Å²) in [7, 11) is 3.18. The first kappa shape index (κ1) is 35.6. The molecular weight excluding hydrogens is 717 g/mol. The van der Waals surface area contributed by atoms with Crippen LogP contribution in [0.15, 0.2) is 54.6 Å². The molecule has 4 aliphatic rings. The van der Waals surface area contributed by atoms with Gasteiger partial charge < -0.3 is 30.0 Å². The topological polar surface area (TPSA) is 135 Å². The van der Waals surface area contributed by atoms with E-state index in [0.29, 0.717) is 66.0 Å². The highest BCUT2D eigenvalue weighted by atomic mass is 35.5. The third-order valence-corrected chi connectivity index (χ3v) is 11.8. The molecule has 276 valence electrons. The van der Waals surface area contributed by atoms with Gasteiger partial charge in [0.05, 0.1) is 30.4 Å². The fourth-order valence-electron chi connectivity index (χ4n) is 8.35. The normalized spacial score (nSPS) is 23.0. The van der Waals surface area contributed by atoms with Crippen LogP contribution >= 0.6 is 23.2 Å². The molecule has 0 bridgehead atoms. The molecule has 0 spiro atoms. The minimum absolute atomic E-state index is 0.0997. The Bertz CT molecular complexity index is 2100. The molecular formula is C40H41Cl2N5O6. The molecule has 0 radical (unpaired) electrons. The first-order valence-corrected chi connectivity index (χ1v) is 18.7. The smallest absolute Gasteiger partial charge is 0.311 e. The molecule has 13 heteroatoms. The van der Waals surface area contributed by atoms with Crippen molar-refractivity contribution in [2.24, 2.45) is 11.3 Å². The molecule has 3 fully saturated rings. The second-order valence-corrected chi connectivity index (χ2v) is 15.2. The van der Waals surface area contributed by atoms with Crippen molar-refractivity contribution in [1.82, 2.24) is 25.5 Å². The number of carbonyl (C=O) groups excluding carboxylic acids is 1. The molecule has 4 aromatic rings. The number of likely N-dealkylation sites (tertiary alicyclic amines) is 1. The predicted molar refractivity (Wildman–Crippen MR) is 200 cm³/mol. The second kappa shape index (κ2) is 14.4. The number of nitrogens with one attached hydrogen (secondary N) is 2. The number of amides is 1. The maximum atomic E-state index is 11.8. The van der Waals surface area contributed by atoms with Crippen molar-refractivity contribution < 1.29 is 28.9 Å². The number of ether oxygens (including phenoxy) is 3. The lowest BCUT2D eigenvalue weighted by atomic mass is 9.94. The predicted octanol–water partition coefficient (Wildman–Crippen LogP) is 6.48. The zero-order chi connectivity index (χ0) is 36.9. The molecule has 2 aliphatic carbocycles. The maximum absolute atomic E-state index is 11.8. The van der Waals surface area contributed by atoms with Crippen LogP contribution in [0.2, 0.25) is 10.0 Å². The lowest BCUT2D eigenvalue weighted by molar-refractivity contribution is -0.143. The number of rotatable bonds is 13. The average molecular weight is 759 g/mol. The number of hydrogen-bond acceptors (Lipinski definition) is 9. The first-order valence-electron chi connectivity index (χ1n) is 18.0. The summed E-state index contributed by atoms with van der Waals surface area (Å²) >= 11 is 14.0. The third kappa shape index (κ3) is 6.80. The van der Waals surface area contributed by atoms with E-state index in [0.717, 1.165) is 71.2 Å². The average Bonchev–Trinajstić information content (AvgIpc) is 3.43. The molecule has 4 heterocycles. The Morgan fingerprint density at radius 2 is 1.75 bits per heavy atom. The molecule has 4 atom stereocenters. The number of piperidine rings is 1. The third-order valence-electron chi connectivity index (χ3n) is 11.2. The number of benzene rings is 2. The Balaban J connectivity index is 0.989. The van der Waals surface area contributed by atoms with Crippen molar-refractivity contribution in [2.75, 3.05) is 33.9 Å². The number of carboxylic acid groups (broad SMARTS) is 1. The summed E-state index contributed by atoms with van der Waals surface area (Å²) in [6.45, 7) is 2.99. The van der Waals surface area contributed by atoms with Gasteiger partial charge >= 0.3 is 5.97 Å². The van der Waals surface area contributed by atoms with Crippen LogP contribution in [0.1, 0.15) is 54.0 Å². The summed E-state index contributed by atoms with van der Waals surface area (Å²) in [6.07, 6.45) is 3.40. The molecule has 1 saturated carbocycles. The Labute approximate surface area is 318 Å². The minimum atomic E-state index is -0.715. The molecule has 11 nitrogen and oxygen atoms in total. The number of hydrogen-bond donors (Lipinski definition) is 3. The zero-order valence-electron chi connectivity index (χ0n) is 29.6. The van der Waals surface area contributed by atoms with Crippen LogP contribution in [0.3, 0.4) is 0 Å². The van der Waals surface area contributed by atoms with Gasteiger partial charge in [0.25, 0.3) is 0 Å². The van der Waals surface area contributed by atoms with E-state index in [4.69, 9.17) is 42.4 Å². The number of fused-ring (bicyclic) bond motifs is 2. The fourth-order valence-corrected chi connectivity index (χ4v) is 8.90. The van der Waals surface area contributed by atoms with E-state index in [-0.39, 0.29) is 24.0 Å². The van der Waals surface area contributed by atoms with E-state index >= 15 is 0 Å². The summed E-state index contributed by atoms with van der Waals surface area (Å²) in [6, 6.07) is 18.1. The number of carboxylic acids is 1. The van der Waals surface area contributed by atoms with Crippen molar-refractivity contribution in [3.05, 3.63) is 86.9 Å². The number of halogens is 2. The van der Waals surface area contributed by atoms with Crippen molar-refractivity contribution in [2.45, 2.75) is 57.3 Å². The van der Waals surface area contributed by atoms with Gasteiger partial charge in [0.1, 0.15) is 11.1 Å². The number of aromatic nitrogens is 2. The molecule has 2 aromatic carbocycles. The molecule has 2 aliphatic heterocycles. The van der Waals surface area contributed by atoms with E-state index in [1.807, 2.05) is 42.5 Å². The fraction of sp³-hybridized carbons (Fsp3) is 0.400. The number of carbonyl (C=O) groups is 2. The summed E-state index contributed by atoms with van der Waals surface area (Å²) in [5.74, 6) is 0.810. The maximum Gasteiger partial charge on any atom is 0.311 e. The van der Waals surface area contributed by atoms with Crippen LogP contribution in [-0.4, -0.2) is 71.7 Å². The highest BCUT2D eigenvalue weighted by molar-refractivity contribution is 6.36. The van der Waals surface area contributed by atoms with E-state index in [1.54, 1.807) is 14.2 Å². The first-order chi connectivity index (χ1) is 25.7. The highest BCUT2D eigenvalue weighted by Crippen LogP contribution is 2.58. The summed E-state index contributed by atoms with van der Waals surface area (Å²) in [4.78, 5) is 35.0. The quantitative estimate of drug-likeness (QED) is 0.139. The molecule has 0 unspecified atom stereocenters. The van der Waals surface area contributed by atoms with E-state index in [2.05, 4.69) is 32.7 Å². The molecule has 53 heavy (non-hydrogen) atoms. The Kier molecular flexibility index (Phi) is 9.69. The van der Waals surface area contributed by atoms with Crippen LogP contribution in [0.5, 0.6) is 17.6 Å². The molecule has 2 saturated heterocycles. The lowest BCUT2D eigenvalue weighted by Crippen LogP contribution is -2.35. The number of pyridine rings is 2. The monoisotopic (exact) mass is 757 g/mol. The lowest BCUT2D eigenvalue weighted by Gasteiger charge is -2.21. The van der Waals surface area contributed by atoms with Gasteiger partial charge in [0, 0.05) is 67.4 Å². The van der Waals surface area contributed by atoms with E-state index in [9.17, 15) is 14.7 Å².